The van der Waals surface area contributed by atoms with Crippen molar-refractivity contribution in [2.45, 2.75) is 24.8 Å². The normalized spacial score (nSPS) is 12.1. The molecule has 3 aromatic rings. The number of hydrogen-bond acceptors (Lipinski definition) is 5. The Morgan fingerprint density at radius 3 is 2.26 bits per heavy atom. The number of nitrogens with one attached hydrogen (secondary N) is 1. The maximum Gasteiger partial charge on any atom is 0.264 e. The maximum absolute atomic E-state index is 13.5. The van der Waals surface area contributed by atoms with E-state index in [4.69, 9.17) is 32.7 Å². The fraction of sp³-hybridized carbons (Fsp3) is 0.240. The summed E-state index contributed by atoms with van der Waals surface area (Å²) in [5.74, 6) is 0.637. The molecular weight excluding hydrogens is 511 g/mol. The van der Waals surface area contributed by atoms with Gasteiger partial charge in [0.1, 0.15) is 18.0 Å². The molecular formula is C25H26Cl2N2O5S. The van der Waals surface area contributed by atoms with Gasteiger partial charge in [-0.3, -0.25) is 9.10 Å². The van der Waals surface area contributed by atoms with Gasteiger partial charge in [-0.1, -0.05) is 40.9 Å². The summed E-state index contributed by atoms with van der Waals surface area (Å²) in [6.07, 6.45) is 0. The number of hydrogen-bond donors (Lipinski definition) is 1. The zero-order valence-corrected chi connectivity index (χ0v) is 22.0. The summed E-state index contributed by atoms with van der Waals surface area (Å²) in [5.41, 5.74) is 1.80. The number of benzene rings is 3. The van der Waals surface area contributed by atoms with Gasteiger partial charge >= 0.3 is 0 Å². The first kappa shape index (κ1) is 26.7. The highest BCUT2D eigenvalue weighted by molar-refractivity contribution is 7.92. The van der Waals surface area contributed by atoms with E-state index in [0.29, 0.717) is 17.1 Å². The molecule has 7 nitrogen and oxygen atoms in total. The van der Waals surface area contributed by atoms with Crippen molar-refractivity contribution in [1.29, 1.82) is 0 Å². The minimum atomic E-state index is -4.09. The Bertz CT molecular complexity index is 1310. The second-order valence-electron chi connectivity index (χ2n) is 7.82. The van der Waals surface area contributed by atoms with Gasteiger partial charge in [-0.25, -0.2) is 8.42 Å². The second-order valence-corrected chi connectivity index (χ2v) is 10.5. The quantitative estimate of drug-likeness (QED) is 0.396. The molecule has 1 amide bonds. The molecule has 0 aliphatic carbocycles. The third kappa shape index (κ3) is 6.20. The average molecular weight is 537 g/mol. The molecule has 3 rings (SSSR count). The van der Waals surface area contributed by atoms with E-state index in [9.17, 15) is 13.2 Å². The number of sulfonamides is 1. The molecule has 1 N–H and O–H groups in total. The van der Waals surface area contributed by atoms with Crippen molar-refractivity contribution in [3.63, 3.8) is 0 Å². The fourth-order valence-electron chi connectivity index (χ4n) is 3.47. The number of aryl methyl sites for hydroxylation is 1. The lowest BCUT2D eigenvalue weighted by Crippen LogP contribution is -2.41. The lowest BCUT2D eigenvalue weighted by atomic mass is 10.1. The van der Waals surface area contributed by atoms with Crippen molar-refractivity contribution >= 4 is 44.8 Å². The molecule has 1 atom stereocenters. The highest BCUT2D eigenvalue weighted by Gasteiger charge is 2.28. The van der Waals surface area contributed by atoms with Gasteiger partial charge < -0.3 is 14.8 Å². The molecule has 0 saturated heterocycles. The first-order valence-electron chi connectivity index (χ1n) is 10.6. The lowest BCUT2D eigenvalue weighted by molar-refractivity contribution is -0.120. The molecule has 0 spiro atoms. The Kier molecular flexibility index (Phi) is 8.53. The third-order valence-corrected chi connectivity index (χ3v) is 7.90. The molecule has 0 radical (unpaired) electrons. The Morgan fingerprint density at radius 2 is 1.66 bits per heavy atom. The van der Waals surface area contributed by atoms with Gasteiger partial charge in [0.05, 0.1) is 40.9 Å². The summed E-state index contributed by atoms with van der Waals surface area (Å²) >= 11 is 12.2. The number of nitrogens with zero attached hydrogens (tertiary/aromatic N) is 1. The Hall–Kier alpha value is -2.94. The van der Waals surface area contributed by atoms with E-state index >= 15 is 0 Å². The van der Waals surface area contributed by atoms with Crippen LogP contribution in [0, 0.1) is 6.92 Å². The van der Waals surface area contributed by atoms with E-state index < -0.39 is 28.5 Å². The summed E-state index contributed by atoms with van der Waals surface area (Å²) in [4.78, 5) is 13.1. The number of anilines is 1. The van der Waals surface area contributed by atoms with Gasteiger partial charge in [0.15, 0.2) is 0 Å². The van der Waals surface area contributed by atoms with Crippen LogP contribution in [-0.4, -0.2) is 35.1 Å². The summed E-state index contributed by atoms with van der Waals surface area (Å²) in [6, 6.07) is 15.5. The molecule has 0 aliphatic heterocycles. The van der Waals surface area contributed by atoms with Gasteiger partial charge in [0.2, 0.25) is 5.91 Å². The molecule has 3 aromatic carbocycles. The predicted octanol–water partition coefficient (Wildman–Crippen LogP) is 5.39. The molecule has 186 valence electrons. The van der Waals surface area contributed by atoms with Crippen molar-refractivity contribution in [3.8, 4) is 11.5 Å². The van der Waals surface area contributed by atoms with Gasteiger partial charge in [0, 0.05) is 5.56 Å². The molecule has 0 aromatic heterocycles. The smallest absolute Gasteiger partial charge is 0.264 e. The van der Waals surface area contributed by atoms with E-state index in [0.717, 1.165) is 9.87 Å². The standard InChI is InChI=1S/C25H26Cl2N2O5S/c1-16-5-9-20(10-6-16)35(31,32)29(18-7-11-22(26)23(27)13-18)15-25(30)28-17(2)21-14-19(33-3)8-12-24(21)34-4/h5-14,17H,15H2,1-4H3,(H,28,30)/t17-/m0/s1. The first-order chi connectivity index (χ1) is 16.6. The molecule has 0 saturated carbocycles. The zero-order valence-electron chi connectivity index (χ0n) is 19.7. The predicted molar refractivity (Wildman–Crippen MR) is 138 cm³/mol. The number of methoxy groups -OCH3 is 2. The van der Waals surface area contributed by atoms with Crippen molar-refractivity contribution in [2.24, 2.45) is 0 Å². The molecule has 0 bridgehead atoms. The van der Waals surface area contributed by atoms with Crippen molar-refractivity contribution in [2.75, 3.05) is 25.1 Å². The van der Waals surface area contributed by atoms with Crippen LogP contribution in [-0.2, 0) is 14.8 Å². The Balaban J connectivity index is 1.94. The SMILES string of the molecule is COc1ccc(OC)c([C@H](C)NC(=O)CN(c2ccc(Cl)c(Cl)c2)S(=O)(=O)c2ccc(C)cc2)c1. The van der Waals surface area contributed by atoms with Crippen LogP contribution in [0.4, 0.5) is 5.69 Å². The van der Waals surface area contributed by atoms with Crippen molar-refractivity contribution in [1.82, 2.24) is 5.32 Å². The number of carbonyl (C=O) groups excluding carboxylic acids is 1. The minimum absolute atomic E-state index is 0.0458. The number of ether oxygens (including phenoxy) is 2. The van der Waals surface area contributed by atoms with Gasteiger partial charge in [-0.2, -0.15) is 0 Å². The molecule has 0 heterocycles. The number of carbonyl (C=O) groups is 1. The van der Waals surface area contributed by atoms with Gasteiger partial charge in [-0.05, 0) is 62.4 Å². The van der Waals surface area contributed by atoms with Crippen LogP contribution in [0.1, 0.15) is 24.1 Å². The van der Waals surface area contributed by atoms with E-state index in [1.54, 1.807) is 44.4 Å². The van der Waals surface area contributed by atoms with Crippen LogP contribution < -0.4 is 19.1 Å². The molecule has 0 aliphatic rings. The van der Waals surface area contributed by atoms with E-state index in [1.165, 1.54) is 37.4 Å². The Labute approximate surface area is 215 Å². The fourth-order valence-corrected chi connectivity index (χ4v) is 5.17. The van der Waals surface area contributed by atoms with Crippen LogP contribution in [0.2, 0.25) is 10.0 Å². The molecule has 0 unspecified atom stereocenters. The summed E-state index contributed by atoms with van der Waals surface area (Å²) in [5, 5.41) is 3.28. The molecule has 35 heavy (non-hydrogen) atoms. The topological polar surface area (TPSA) is 84.9 Å². The van der Waals surface area contributed by atoms with Gasteiger partial charge in [0.25, 0.3) is 10.0 Å². The van der Waals surface area contributed by atoms with Crippen molar-refractivity contribution in [3.05, 3.63) is 81.8 Å². The van der Waals surface area contributed by atoms with Crippen LogP contribution in [0.5, 0.6) is 11.5 Å². The average Bonchev–Trinajstić information content (AvgIpc) is 2.84. The molecule has 0 fully saturated rings. The van der Waals surface area contributed by atoms with E-state index in [-0.39, 0.29) is 20.6 Å². The summed E-state index contributed by atoms with van der Waals surface area (Å²) < 4.78 is 38.8. The number of rotatable bonds is 9. The highest BCUT2D eigenvalue weighted by Crippen LogP contribution is 2.32. The van der Waals surface area contributed by atoms with E-state index in [2.05, 4.69) is 5.32 Å². The maximum atomic E-state index is 13.5. The van der Waals surface area contributed by atoms with Crippen LogP contribution in [0.25, 0.3) is 0 Å². The third-order valence-electron chi connectivity index (χ3n) is 5.37. The summed E-state index contributed by atoms with van der Waals surface area (Å²) in [7, 11) is -1.02. The van der Waals surface area contributed by atoms with Crippen LogP contribution in [0.15, 0.2) is 65.6 Å². The monoisotopic (exact) mass is 536 g/mol. The summed E-state index contributed by atoms with van der Waals surface area (Å²) in [6.45, 7) is 3.15. The van der Waals surface area contributed by atoms with E-state index in [1.807, 2.05) is 6.92 Å². The number of halogens is 2. The zero-order chi connectivity index (χ0) is 25.8. The Morgan fingerprint density at radius 1 is 0.971 bits per heavy atom. The number of amides is 1. The lowest BCUT2D eigenvalue weighted by Gasteiger charge is -2.26. The van der Waals surface area contributed by atoms with Crippen LogP contribution in [0.3, 0.4) is 0 Å². The first-order valence-corrected chi connectivity index (χ1v) is 12.8. The van der Waals surface area contributed by atoms with Crippen LogP contribution >= 0.6 is 23.2 Å². The largest absolute Gasteiger partial charge is 0.497 e. The van der Waals surface area contributed by atoms with Crippen molar-refractivity contribution < 1.29 is 22.7 Å². The minimum Gasteiger partial charge on any atom is -0.497 e. The second kappa shape index (κ2) is 11.2. The molecule has 10 heteroatoms. The van der Waals surface area contributed by atoms with Gasteiger partial charge in [-0.15, -0.1) is 0 Å². The highest BCUT2D eigenvalue weighted by atomic mass is 35.5.